The van der Waals surface area contributed by atoms with Gasteiger partial charge in [0.2, 0.25) is 0 Å². The Labute approximate surface area is 316 Å². The predicted molar refractivity (Wildman–Crippen MR) is 221 cm³/mol. The van der Waals surface area contributed by atoms with Gasteiger partial charge in [-0.2, -0.15) is 0 Å². The first-order valence-electron chi connectivity index (χ1n) is 17.3. The van der Waals surface area contributed by atoms with E-state index in [1.165, 1.54) is 0 Å². The average molecular weight is 721 g/mol. The number of benzene rings is 6. The molecule has 3 heterocycles. The van der Waals surface area contributed by atoms with Gasteiger partial charge >= 0.3 is 0 Å². The smallest absolute Gasteiger partial charge is 0.258 e. The number of hydrogen-bond donors (Lipinski definition) is 0. The molecule has 9 rings (SSSR count). The van der Waals surface area contributed by atoms with Crippen molar-refractivity contribution in [3.8, 4) is 43.8 Å². The van der Waals surface area contributed by atoms with Crippen LogP contribution in [0.1, 0.15) is 0 Å². The summed E-state index contributed by atoms with van der Waals surface area (Å²) in [4.78, 5) is 6.42. The number of anilines is 6. The Bertz CT molecular complexity index is 2290. The lowest BCUT2D eigenvalue weighted by molar-refractivity contribution is 0.588. The highest BCUT2D eigenvalue weighted by atomic mass is 32.1. The fourth-order valence-electron chi connectivity index (χ4n) is 6.59. The molecule has 254 valence electrons. The third kappa shape index (κ3) is 6.55. The number of nitrogens with zero attached hydrogens (tertiary/aromatic N) is 4. The maximum absolute atomic E-state index is 6.43. The minimum absolute atomic E-state index is 0.514. The summed E-state index contributed by atoms with van der Waals surface area (Å²) < 4.78 is 6.43. The zero-order chi connectivity index (χ0) is 35.4. The molecule has 6 aromatic carbocycles. The van der Waals surface area contributed by atoms with Crippen LogP contribution in [0.5, 0.6) is 0 Å². The van der Waals surface area contributed by atoms with E-state index in [0.29, 0.717) is 11.8 Å². The van der Waals surface area contributed by atoms with Crippen LogP contribution in [0.2, 0.25) is 0 Å². The molecule has 9 aromatic rings. The molecular weight excluding hydrogens is 689 g/mol. The van der Waals surface area contributed by atoms with Crippen LogP contribution < -0.4 is 9.80 Å². The minimum atomic E-state index is 0.514. The molecule has 3 aromatic heterocycles. The summed E-state index contributed by atoms with van der Waals surface area (Å²) in [7, 11) is 0. The van der Waals surface area contributed by atoms with E-state index in [1.54, 1.807) is 22.7 Å². The van der Waals surface area contributed by atoms with Crippen LogP contribution in [0.25, 0.3) is 43.8 Å². The molecule has 0 unspecified atom stereocenters. The van der Waals surface area contributed by atoms with Gasteiger partial charge in [-0.05, 0) is 107 Å². The maximum atomic E-state index is 6.43. The Morgan fingerprint density at radius 1 is 0.340 bits per heavy atom. The van der Waals surface area contributed by atoms with E-state index in [0.717, 1.165) is 66.1 Å². The molecule has 0 saturated carbocycles. The van der Waals surface area contributed by atoms with Gasteiger partial charge in [0.25, 0.3) is 11.8 Å². The number of rotatable bonds is 10. The van der Waals surface area contributed by atoms with E-state index < -0.39 is 0 Å². The van der Waals surface area contributed by atoms with Crippen LogP contribution in [0.3, 0.4) is 0 Å². The number of hydrogen-bond acceptors (Lipinski definition) is 7. The summed E-state index contributed by atoms with van der Waals surface area (Å²) in [5.41, 5.74) is 10.9. The largest absolute Gasteiger partial charge is 0.414 e. The van der Waals surface area contributed by atoms with E-state index in [-0.39, 0.29) is 0 Å². The molecule has 5 nitrogen and oxygen atoms in total. The fraction of sp³-hybridized carbons (Fsp3) is 0. The Morgan fingerprint density at radius 2 is 0.642 bits per heavy atom. The van der Waals surface area contributed by atoms with Crippen molar-refractivity contribution in [2.45, 2.75) is 0 Å². The molecule has 7 heteroatoms. The quantitative estimate of drug-likeness (QED) is 0.141. The van der Waals surface area contributed by atoms with Gasteiger partial charge in [0.05, 0.1) is 9.75 Å². The van der Waals surface area contributed by atoms with E-state index in [9.17, 15) is 0 Å². The van der Waals surface area contributed by atoms with Gasteiger partial charge in [-0.1, -0.05) is 97.1 Å². The molecule has 0 fully saturated rings. The Kier molecular flexibility index (Phi) is 8.92. The highest BCUT2D eigenvalue weighted by molar-refractivity contribution is 7.14. The number of para-hydroxylation sites is 4. The van der Waals surface area contributed by atoms with E-state index in [4.69, 9.17) is 4.42 Å². The molecular formula is C46H32N4OS2. The van der Waals surface area contributed by atoms with Crippen molar-refractivity contribution in [3.05, 3.63) is 193 Å². The minimum Gasteiger partial charge on any atom is -0.414 e. The summed E-state index contributed by atoms with van der Waals surface area (Å²) in [6, 6.07) is 63.3. The van der Waals surface area contributed by atoms with Gasteiger partial charge < -0.3 is 14.2 Å². The Morgan fingerprint density at radius 3 is 0.962 bits per heavy atom. The van der Waals surface area contributed by atoms with Crippen molar-refractivity contribution in [1.29, 1.82) is 0 Å². The summed E-state index contributed by atoms with van der Waals surface area (Å²) in [6.07, 6.45) is 0. The van der Waals surface area contributed by atoms with Crippen LogP contribution in [-0.2, 0) is 0 Å². The van der Waals surface area contributed by atoms with Crippen LogP contribution in [0, 0.1) is 0 Å². The third-order valence-electron chi connectivity index (χ3n) is 9.07. The van der Waals surface area contributed by atoms with Gasteiger partial charge in [0.1, 0.15) is 0 Å². The molecule has 0 spiro atoms. The van der Waals surface area contributed by atoms with Crippen molar-refractivity contribution >= 4 is 56.8 Å². The zero-order valence-corrected chi connectivity index (χ0v) is 30.1. The van der Waals surface area contributed by atoms with Crippen molar-refractivity contribution in [1.82, 2.24) is 10.2 Å². The SMILES string of the molecule is c1ccc(N(c2ccccc2)c2ccc(-c3ccsc3-c3nnc(-c4sccc4-c4ccc(N(c5ccccc5)c5ccccc5)cc4)o3)cc2)cc1. The molecule has 53 heavy (non-hydrogen) atoms. The molecule has 0 aliphatic rings. The second kappa shape index (κ2) is 14.6. The fourth-order valence-corrected chi connectivity index (χ4v) is 8.27. The first kappa shape index (κ1) is 32.4. The third-order valence-corrected chi connectivity index (χ3v) is 10.9. The van der Waals surface area contributed by atoms with Crippen LogP contribution in [-0.4, -0.2) is 10.2 Å². The second-order valence-electron chi connectivity index (χ2n) is 12.3. The molecule has 0 bridgehead atoms. The van der Waals surface area contributed by atoms with Crippen LogP contribution in [0.4, 0.5) is 34.1 Å². The molecule has 0 atom stereocenters. The van der Waals surface area contributed by atoms with Crippen LogP contribution in [0.15, 0.2) is 197 Å². The normalized spacial score (nSPS) is 11.0. The molecule has 0 amide bonds. The number of thiophene rings is 2. The monoisotopic (exact) mass is 720 g/mol. The van der Waals surface area contributed by atoms with Gasteiger partial charge in [0, 0.05) is 45.3 Å². The lowest BCUT2D eigenvalue weighted by Gasteiger charge is -2.25. The van der Waals surface area contributed by atoms with Crippen molar-refractivity contribution in [2.24, 2.45) is 0 Å². The van der Waals surface area contributed by atoms with Gasteiger partial charge in [-0.3, -0.25) is 0 Å². The average Bonchev–Trinajstić information content (AvgIpc) is 4.02. The lowest BCUT2D eigenvalue weighted by atomic mass is 10.1. The highest BCUT2D eigenvalue weighted by Crippen LogP contribution is 2.43. The summed E-state index contributed by atoms with van der Waals surface area (Å²) in [5, 5.41) is 13.3. The van der Waals surface area contributed by atoms with Crippen molar-refractivity contribution in [3.63, 3.8) is 0 Å². The lowest BCUT2D eigenvalue weighted by Crippen LogP contribution is -2.09. The standard InChI is InChI=1S/C46H32N4OS2/c1-5-13-35(14-6-1)49(36-15-7-2-8-16-36)39-25-21-33(22-26-39)41-29-31-52-43(41)45-47-48-46(51-45)44-42(30-32-53-44)34-23-27-40(28-24-34)50(37-17-9-3-10-18-37)38-19-11-4-12-20-38/h1-32H. The first-order valence-corrected chi connectivity index (χ1v) is 19.1. The van der Waals surface area contributed by atoms with E-state index in [1.807, 2.05) is 24.3 Å². The Hall–Kier alpha value is -6.54. The van der Waals surface area contributed by atoms with Crippen LogP contribution >= 0.6 is 22.7 Å². The van der Waals surface area contributed by atoms with E-state index in [2.05, 4.69) is 188 Å². The second-order valence-corrected chi connectivity index (χ2v) is 14.2. The number of aromatic nitrogens is 2. The van der Waals surface area contributed by atoms with E-state index >= 15 is 0 Å². The van der Waals surface area contributed by atoms with Crippen molar-refractivity contribution in [2.75, 3.05) is 9.80 Å². The molecule has 0 saturated heterocycles. The van der Waals surface area contributed by atoms with Gasteiger partial charge in [0.15, 0.2) is 0 Å². The Balaban J connectivity index is 0.986. The zero-order valence-electron chi connectivity index (χ0n) is 28.5. The van der Waals surface area contributed by atoms with Gasteiger partial charge in [-0.25, -0.2) is 0 Å². The maximum Gasteiger partial charge on any atom is 0.258 e. The summed E-state index contributed by atoms with van der Waals surface area (Å²) >= 11 is 3.21. The summed E-state index contributed by atoms with van der Waals surface area (Å²) in [5.74, 6) is 1.03. The van der Waals surface area contributed by atoms with Crippen molar-refractivity contribution < 1.29 is 4.42 Å². The first-order chi connectivity index (χ1) is 26.3. The molecule has 0 radical (unpaired) electrons. The molecule has 0 aliphatic heterocycles. The molecule has 0 aliphatic carbocycles. The van der Waals surface area contributed by atoms with Gasteiger partial charge in [-0.15, -0.1) is 32.9 Å². The predicted octanol–water partition coefficient (Wildman–Crippen LogP) is 13.8. The summed E-state index contributed by atoms with van der Waals surface area (Å²) in [6.45, 7) is 0. The highest BCUT2D eigenvalue weighted by Gasteiger charge is 2.21. The molecule has 0 N–H and O–H groups in total. The topological polar surface area (TPSA) is 45.4 Å².